The van der Waals surface area contributed by atoms with Crippen LogP contribution in [-0.2, 0) is 11.3 Å². The molecule has 0 radical (unpaired) electrons. The minimum atomic E-state index is 0.468. The van der Waals surface area contributed by atoms with Gasteiger partial charge in [0, 0.05) is 19.2 Å². The molecule has 1 saturated heterocycles. The molecule has 20 heavy (non-hydrogen) atoms. The van der Waals surface area contributed by atoms with Crippen LogP contribution in [-0.4, -0.2) is 33.0 Å². The van der Waals surface area contributed by atoms with Gasteiger partial charge in [-0.15, -0.1) is 0 Å². The number of rotatable bonds is 7. The maximum Gasteiger partial charge on any atom is 0.161 e. The van der Waals surface area contributed by atoms with E-state index in [1.807, 2.05) is 19.1 Å². The Bertz CT molecular complexity index is 416. The van der Waals surface area contributed by atoms with Crippen LogP contribution in [0, 0.1) is 5.92 Å². The fourth-order valence-electron chi connectivity index (χ4n) is 2.49. The minimum absolute atomic E-state index is 0.468. The Morgan fingerprint density at radius 2 is 2.25 bits per heavy atom. The average molecular weight is 279 g/mol. The van der Waals surface area contributed by atoms with E-state index in [1.165, 1.54) is 5.56 Å². The van der Waals surface area contributed by atoms with Crippen LogP contribution >= 0.6 is 0 Å². The lowest BCUT2D eigenvalue weighted by Crippen LogP contribution is -2.33. The second kappa shape index (κ2) is 7.50. The summed E-state index contributed by atoms with van der Waals surface area (Å²) in [5.41, 5.74) is 1.21. The summed E-state index contributed by atoms with van der Waals surface area (Å²) in [5.74, 6) is 2.22. The van der Waals surface area contributed by atoms with Gasteiger partial charge in [-0.3, -0.25) is 0 Å². The Balaban J connectivity index is 1.93. The van der Waals surface area contributed by atoms with Gasteiger partial charge < -0.3 is 19.5 Å². The number of hydrogen-bond acceptors (Lipinski definition) is 4. The lowest BCUT2D eigenvalue weighted by molar-refractivity contribution is 0.178. The fraction of sp³-hybridized carbons (Fsp3) is 0.625. The smallest absolute Gasteiger partial charge is 0.161 e. The van der Waals surface area contributed by atoms with Crippen molar-refractivity contribution in [2.45, 2.75) is 32.9 Å². The standard InChI is InChI=1S/C16H25NO3/c1-4-20-16-9-13(5-6-15(16)18-3)10-17-12(2)14-7-8-19-11-14/h5-6,9,12,14,17H,4,7-8,10-11H2,1-3H3. The first-order valence-corrected chi connectivity index (χ1v) is 7.35. The molecule has 112 valence electrons. The van der Waals surface area contributed by atoms with Crippen molar-refractivity contribution in [3.05, 3.63) is 23.8 Å². The number of methoxy groups -OCH3 is 1. The zero-order chi connectivity index (χ0) is 14.4. The van der Waals surface area contributed by atoms with Crippen molar-refractivity contribution in [1.82, 2.24) is 5.32 Å². The van der Waals surface area contributed by atoms with Gasteiger partial charge in [0.1, 0.15) is 0 Å². The third kappa shape index (κ3) is 3.87. The lowest BCUT2D eigenvalue weighted by Gasteiger charge is -2.19. The third-order valence-electron chi connectivity index (χ3n) is 3.83. The van der Waals surface area contributed by atoms with E-state index in [1.54, 1.807) is 7.11 Å². The first kappa shape index (κ1) is 15.1. The molecule has 0 aliphatic carbocycles. The average Bonchev–Trinajstić information content (AvgIpc) is 2.99. The first-order chi connectivity index (χ1) is 9.74. The number of ether oxygens (including phenoxy) is 3. The lowest BCUT2D eigenvalue weighted by atomic mass is 10.0. The van der Waals surface area contributed by atoms with Crippen molar-refractivity contribution in [1.29, 1.82) is 0 Å². The van der Waals surface area contributed by atoms with E-state index in [4.69, 9.17) is 14.2 Å². The Hall–Kier alpha value is -1.26. The second-order valence-corrected chi connectivity index (χ2v) is 5.21. The van der Waals surface area contributed by atoms with Crippen molar-refractivity contribution < 1.29 is 14.2 Å². The summed E-state index contributed by atoms with van der Waals surface area (Å²) >= 11 is 0. The molecule has 1 fully saturated rings. The number of hydrogen-bond donors (Lipinski definition) is 1. The van der Waals surface area contributed by atoms with E-state index in [9.17, 15) is 0 Å². The largest absolute Gasteiger partial charge is 0.493 e. The van der Waals surface area contributed by atoms with E-state index in [2.05, 4.69) is 18.3 Å². The summed E-state index contributed by atoms with van der Waals surface area (Å²) < 4.78 is 16.3. The second-order valence-electron chi connectivity index (χ2n) is 5.21. The number of benzene rings is 1. The molecule has 0 aromatic heterocycles. The Morgan fingerprint density at radius 1 is 1.40 bits per heavy atom. The van der Waals surface area contributed by atoms with Crippen molar-refractivity contribution in [2.24, 2.45) is 5.92 Å². The molecule has 0 spiro atoms. The van der Waals surface area contributed by atoms with Gasteiger partial charge in [-0.2, -0.15) is 0 Å². The minimum Gasteiger partial charge on any atom is -0.493 e. The molecule has 0 saturated carbocycles. The molecule has 4 nitrogen and oxygen atoms in total. The van der Waals surface area contributed by atoms with E-state index in [0.717, 1.165) is 37.7 Å². The molecule has 1 aromatic carbocycles. The Labute approximate surface area is 121 Å². The molecule has 2 atom stereocenters. The summed E-state index contributed by atoms with van der Waals surface area (Å²) in [5, 5.41) is 3.57. The van der Waals surface area contributed by atoms with Gasteiger partial charge >= 0.3 is 0 Å². The molecule has 4 heteroatoms. The highest BCUT2D eigenvalue weighted by molar-refractivity contribution is 5.42. The molecule has 1 aromatic rings. The molecule has 1 aliphatic heterocycles. The highest BCUT2D eigenvalue weighted by atomic mass is 16.5. The molecule has 0 amide bonds. The van der Waals surface area contributed by atoms with Crippen LogP contribution < -0.4 is 14.8 Å². The van der Waals surface area contributed by atoms with Gasteiger partial charge in [0.2, 0.25) is 0 Å². The SMILES string of the molecule is CCOc1cc(CNC(C)C2CCOC2)ccc1OC. The predicted molar refractivity (Wildman–Crippen MR) is 79.4 cm³/mol. The maximum atomic E-state index is 5.60. The van der Waals surface area contributed by atoms with Gasteiger partial charge in [0.25, 0.3) is 0 Å². The van der Waals surface area contributed by atoms with Crippen LogP contribution in [0.4, 0.5) is 0 Å². The van der Waals surface area contributed by atoms with E-state index < -0.39 is 0 Å². The van der Waals surface area contributed by atoms with Gasteiger partial charge in [-0.05, 0) is 43.9 Å². The summed E-state index contributed by atoms with van der Waals surface area (Å²) in [6, 6.07) is 6.56. The van der Waals surface area contributed by atoms with Crippen molar-refractivity contribution >= 4 is 0 Å². The molecule has 1 N–H and O–H groups in total. The zero-order valence-electron chi connectivity index (χ0n) is 12.6. The van der Waals surface area contributed by atoms with Gasteiger partial charge in [-0.1, -0.05) is 6.07 Å². The van der Waals surface area contributed by atoms with Crippen LogP contribution in [0.3, 0.4) is 0 Å². The summed E-state index contributed by atoms with van der Waals surface area (Å²) in [6.07, 6.45) is 1.15. The van der Waals surface area contributed by atoms with E-state index >= 15 is 0 Å². The third-order valence-corrected chi connectivity index (χ3v) is 3.83. The zero-order valence-corrected chi connectivity index (χ0v) is 12.6. The molecule has 1 heterocycles. The quantitative estimate of drug-likeness (QED) is 0.833. The van der Waals surface area contributed by atoms with Crippen molar-refractivity contribution in [3.63, 3.8) is 0 Å². The summed E-state index contributed by atoms with van der Waals surface area (Å²) in [4.78, 5) is 0. The molecule has 2 unspecified atom stereocenters. The van der Waals surface area contributed by atoms with Crippen LogP contribution in [0.2, 0.25) is 0 Å². The summed E-state index contributed by atoms with van der Waals surface area (Å²) in [7, 11) is 1.66. The monoisotopic (exact) mass is 279 g/mol. The predicted octanol–water partition coefficient (Wildman–Crippen LogP) is 2.61. The highest BCUT2D eigenvalue weighted by Crippen LogP contribution is 2.28. The molecular formula is C16H25NO3. The first-order valence-electron chi connectivity index (χ1n) is 7.35. The molecule has 2 rings (SSSR count). The maximum absolute atomic E-state index is 5.60. The van der Waals surface area contributed by atoms with Crippen molar-refractivity contribution in [2.75, 3.05) is 26.9 Å². The fourth-order valence-corrected chi connectivity index (χ4v) is 2.49. The van der Waals surface area contributed by atoms with Gasteiger partial charge in [-0.25, -0.2) is 0 Å². The van der Waals surface area contributed by atoms with E-state index in [-0.39, 0.29) is 0 Å². The topological polar surface area (TPSA) is 39.7 Å². The van der Waals surface area contributed by atoms with Crippen LogP contribution in [0.1, 0.15) is 25.8 Å². The highest BCUT2D eigenvalue weighted by Gasteiger charge is 2.21. The van der Waals surface area contributed by atoms with Crippen molar-refractivity contribution in [3.8, 4) is 11.5 Å². The molecular weight excluding hydrogens is 254 g/mol. The number of nitrogens with one attached hydrogen (secondary N) is 1. The molecule has 1 aliphatic rings. The van der Waals surface area contributed by atoms with Gasteiger partial charge in [0.15, 0.2) is 11.5 Å². The van der Waals surface area contributed by atoms with Crippen LogP contribution in [0.5, 0.6) is 11.5 Å². The van der Waals surface area contributed by atoms with Gasteiger partial charge in [0.05, 0.1) is 20.3 Å². The van der Waals surface area contributed by atoms with Crippen LogP contribution in [0.25, 0.3) is 0 Å². The Morgan fingerprint density at radius 3 is 2.90 bits per heavy atom. The molecule has 0 bridgehead atoms. The Kier molecular flexibility index (Phi) is 5.68. The van der Waals surface area contributed by atoms with Crippen LogP contribution in [0.15, 0.2) is 18.2 Å². The van der Waals surface area contributed by atoms with E-state index in [0.29, 0.717) is 18.6 Å². The summed E-state index contributed by atoms with van der Waals surface area (Å²) in [6.45, 7) is 7.46. The normalized spacial score (nSPS) is 19.9.